The Labute approximate surface area is 144 Å². The van der Waals surface area contributed by atoms with Gasteiger partial charge in [0.25, 0.3) is 5.91 Å². The van der Waals surface area contributed by atoms with Crippen molar-refractivity contribution in [2.24, 2.45) is 5.92 Å². The van der Waals surface area contributed by atoms with Gasteiger partial charge in [-0.25, -0.2) is 4.79 Å². The van der Waals surface area contributed by atoms with Crippen LogP contribution in [0.4, 0.5) is 0 Å². The van der Waals surface area contributed by atoms with Crippen LogP contribution in [0.15, 0.2) is 33.5 Å². The van der Waals surface area contributed by atoms with Crippen LogP contribution in [0.3, 0.4) is 0 Å². The fraction of sp³-hybridized carbons (Fsp3) is 0.389. The van der Waals surface area contributed by atoms with E-state index < -0.39 is 17.5 Å². The quantitative estimate of drug-likeness (QED) is 0.561. The van der Waals surface area contributed by atoms with Gasteiger partial charge >= 0.3 is 11.6 Å². The number of carboxylic acids is 1. The molecule has 1 aromatic carbocycles. The van der Waals surface area contributed by atoms with E-state index in [4.69, 9.17) is 14.3 Å². The summed E-state index contributed by atoms with van der Waals surface area (Å²) in [5, 5.41) is 11.9. The van der Waals surface area contributed by atoms with Crippen LogP contribution in [-0.4, -0.2) is 30.1 Å². The van der Waals surface area contributed by atoms with Crippen LogP contribution < -0.4 is 15.7 Å². The second-order valence-electron chi connectivity index (χ2n) is 6.10. The summed E-state index contributed by atoms with van der Waals surface area (Å²) in [6.45, 7) is 4.64. The fourth-order valence-corrected chi connectivity index (χ4v) is 2.15. The molecule has 0 bridgehead atoms. The Hall–Kier alpha value is -2.83. The van der Waals surface area contributed by atoms with Crippen molar-refractivity contribution in [2.75, 3.05) is 13.2 Å². The summed E-state index contributed by atoms with van der Waals surface area (Å²) >= 11 is 0. The number of ether oxygens (including phenoxy) is 1. The van der Waals surface area contributed by atoms with E-state index in [1.165, 1.54) is 6.07 Å². The Bertz CT molecular complexity index is 824. The number of hydrogen-bond donors (Lipinski definition) is 2. The maximum absolute atomic E-state index is 12.1. The first kappa shape index (κ1) is 18.5. The molecule has 1 aromatic heterocycles. The van der Waals surface area contributed by atoms with Gasteiger partial charge < -0.3 is 19.6 Å². The molecule has 0 atom stereocenters. The van der Waals surface area contributed by atoms with Gasteiger partial charge in [0.05, 0.1) is 6.61 Å². The highest BCUT2D eigenvalue weighted by atomic mass is 16.5. The number of carbonyl (C=O) groups excluding carboxylic acids is 1. The first-order valence-corrected chi connectivity index (χ1v) is 8.07. The Morgan fingerprint density at radius 2 is 2.04 bits per heavy atom. The fourth-order valence-electron chi connectivity index (χ4n) is 2.15. The summed E-state index contributed by atoms with van der Waals surface area (Å²) in [7, 11) is 0. The Morgan fingerprint density at radius 3 is 2.72 bits per heavy atom. The van der Waals surface area contributed by atoms with E-state index in [9.17, 15) is 14.4 Å². The summed E-state index contributed by atoms with van der Waals surface area (Å²) in [4.78, 5) is 34.6. The summed E-state index contributed by atoms with van der Waals surface area (Å²) in [5.41, 5.74) is -0.443. The number of rotatable bonds is 8. The van der Waals surface area contributed by atoms with Crippen molar-refractivity contribution in [1.82, 2.24) is 5.32 Å². The minimum Gasteiger partial charge on any atom is -0.493 e. The van der Waals surface area contributed by atoms with Gasteiger partial charge in [-0.1, -0.05) is 13.8 Å². The zero-order chi connectivity index (χ0) is 18.4. The summed E-state index contributed by atoms with van der Waals surface area (Å²) in [6, 6.07) is 6.40. The molecule has 0 spiro atoms. The molecule has 0 aliphatic heterocycles. The van der Waals surface area contributed by atoms with E-state index in [1.807, 2.05) is 13.8 Å². The standard InChI is InChI=1S/C18H21NO6/c1-11(2)10-19-17(22)14-8-12-5-6-13(9-15(12)25-18(14)23)24-7-3-4-16(20)21/h5-6,8-9,11H,3-4,7,10H2,1-2H3,(H,19,22)(H,20,21). The summed E-state index contributed by atoms with van der Waals surface area (Å²) in [5.74, 6) is -0.593. The van der Waals surface area contributed by atoms with E-state index in [1.54, 1.807) is 18.2 Å². The van der Waals surface area contributed by atoms with Crippen molar-refractivity contribution in [3.63, 3.8) is 0 Å². The number of amides is 1. The molecule has 0 saturated heterocycles. The molecule has 2 rings (SSSR count). The average Bonchev–Trinajstić information content (AvgIpc) is 2.55. The molecule has 1 amide bonds. The molecule has 7 heteroatoms. The predicted molar refractivity (Wildman–Crippen MR) is 92.0 cm³/mol. The highest BCUT2D eigenvalue weighted by molar-refractivity contribution is 5.96. The molecular weight excluding hydrogens is 326 g/mol. The molecule has 0 radical (unpaired) electrons. The van der Waals surface area contributed by atoms with Crippen LogP contribution in [0.2, 0.25) is 0 Å². The van der Waals surface area contributed by atoms with E-state index >= 15 is 0 Å². The van der Waals surface area contributed by atoms with Gasteiger partial charge in [-0.2, -0.15) is 0 Å². The molecule has 134 valence electrons. The summed E-state index contributed by atoms with van der Waals surface area (Å²) in [6.07, 6.45) is 0.407. The average molecular weight is 347 g/mol. The third-order valence-electron chi connectivity index (χ3n) is 3.43. The zero-order valence-electron chi connectivity index (χ0n) is 14.2. The largest absolute Gasteiger partial charge is 0.493 e. The van der Waals surface area contributed by atoms with E-state index in [2.05, 4.69) is 5.32 Å². The van der Waals surface area contributed by atoms with Crippen molar-refractivity contribution >= 4 is 22.8 Å². The molecule has 0 saturated carbocycles. The third-order valence-corrected chi connectivity index (χ3v) is 3.43. The SMILES string of the molecule is CC(C)CNC(=O)c1cc2ccc(OCCCC(=O)O)cc2oc1=O. The number of benzene rings is 1. The summed E-state index contributed by atoms with van der Waals surface area (Å²) < 4.78 is 10.7. The number of hydrogen-bond acceptors (Lipinski definition) is 5. The molecule has 2 N–H and O–H groups in total. The molecule has 0 aliphatic rings. The van der Waals surface area contributed by atoms with E-state index in [-0.39, 0.29) is 24.5 Å². The molecule has 1 heterocycles. The monoisotopic (exact) mass is 347 g/mol. The normalized spacial score (nSPS) is 10.8. The molecule has 0 unspecified atom stereocenters. The lowest BCUT2D eigenvalue weighted by atomic mass is 10.1. The van der Waals surface area contributed by atoms with E-state index in [0.29, 0.717) is 29.7 Å². The van der Waals surface area contributed by atoms with Gasteiger partial charge in [-0.05, 0) is 30.5 Å². The third kappa shape index (κ3) is 5.34. The van der Waals surface area contributed by atoms with Gasteiger partial charge in [-0.3, -0.25) is 9.59 Å². The Kier molecular flexibility index (Phi) is 6.16. The topological polar surface area (TPSA) is 106 Å². The maximum atomic E-state index is 12.1. The van der Waals surface area contributed by atoms with Gasteiger partial charge in [0.15, 0.2) is 0 Å². The zero-order valence-corrected chi connectivity index (χ0v) is 14.2. The minimum absolute atomic E-state index is 0.0253. The van der Waals surface area contributed by atoms with Crippen molar-refractivity contribution in [1.29, 1.82) is 0 Å². The molecular formula is C18H21NO6. The number of fused-ring (bicyclic) bond motifs is 1. The van der Waals surface area contributed by atoms with Crippen LogP contribution in [0.5, 0.6) is 5.75 Å². The second-order valence-corrected chi connectivity index (χ2v) is 6.10. The Morgan fingerprint density at radius 1 is 1.28 bits per heavy atom. The molecule has 0 aliphatic carbocycles. The number of carbonyl (C=O) groups is 2. The first-order valence-electron chi connectivity index (χ1n) is 8.07. The van der Waals surface area contributed by atoms with Crippen molar-refractivity contribution in [3.05, 3.63) is 40.2 Å². The van der Waals surface area contributed by atoms with Crippen LogP contribution in [0.1, 0.15) is 37.0 Å². The molecule has 7 nitrogen and oxygen atoms in total. The number of aliphatic carboxylic acids is 1. The van der Waals surface area contributed by atoms with Crippen molar-refractivity contribution < 1.29 is 23.8 Å². The Balaban J connectivity index is 2.13. The predicted octanol–water partition coefficient (Wildman–Crippen LogP) is 2.42. The highest BCUT2D eigenvalue weighted by Gasteiger charge is 2.14. The van der Waals surface area contributed by atoms with Crippen LogP contribution >= 0.6 is 0 Å². The number of nitrogens with one attached hydrogen (secondary N) is 1. The van der Waals surface area contributed by atoms with Gasteiger partial charge in [-0.15, -0.1) is 0 Å². The number of carboxylic acid groups (broad SMARTS) is 1. The van der Waals surface area contributed by atoms with Gasteiger partial charge in [0.1, 0.15) is 16.9 Å². The highest BCUT2D eigenvalue weighted by Crippen LogP contribution is 2.20. The van der Waals surface area contributed by atoms with Crippen molar-refractivity contribution in [3.8, 4) is 5.75 Å². The molecule has 0 fully saturated rings. The lowest BCUT2D eigenvalue weighted by molar-refractivity contribution is -0.137. The first-order chi connectivity index (χ1) is 11.9. The smallest absolute Gasteiger partial charge is 0.349 e. The van der Waals surface area contributed by atoms with Crippen LogP contribution in [0, 0.1) is 5.92 Å². The van der Waals surface area contributed by atoms with Crippen LogP contribution in [0.25, 0.3) is 11.0 Å². The minimum atomic E-state index is -0.878. The lowest BCUT2D eigenvalue weighted by Crippen LogP contribution is -2.31. The van der Waals surface area contributed by atoms with Gasteiger partial charge in [0.2, 0.25) is 0 Å². The second kappa shape index (κ2) is 8.32. The maximum Gasteiger partial charge on any atom is 0.349 e. The molecule has 2 aromatic rings. The lowest BCUT2D eigenvalue weighted by Gasteiger charge is -2.08. The van der Waals surface area contributed by atoms with Gasteiger partial charge in [0, 0.05) is 24.4 Å². The van der Waals surface area contributed by atoms with E-state index in [0.717, 1.165) is 0 Å². The van der Waals surface area contributed by atoms with Crippen molar-refractivity contribution in [2.45, 2.75) is 26.7 Å². The molecule has 25 heavy (non-hydrogen) atoms. The van der Waals surface area contributed by atoms with Crippen LogP contribution in [-0.2, 0) is 4.79 Å².